The average molecular weight is 500 g/mol. The molecule has 4 nitrogen and oxygen atoms in total. The number of thiophene rings is 2. The lowest BCUT2D eigenvalue weighted by molar-refractivity contribution is -0.137. The second kappa shape index (κ2) is 8.78. The van der Waals surface area contributed by atoms with Crippen LogP contribution in [0.1, 0.15) is 11.4 Å². The fourth-order valence-corrected chi connectivity index (χ4v) is 5.91. The molecule has 0 aliphatic rings. The molecule has 0 aliphatic heterocycles. The number of aromatic nitrogens is 2. The van der Waals surface area contributed by atoms with E-state index in [0.29, 0.717) is 10.9 Å². The van der Waals surface area contributed by atoms with Crippen LogP contribution in [0.5, 0.6) is 0 Å². The van der Waals surface area contributed by atoms with Gasteiger partial charge < -0.3 is 5.32 Å². The molecule has 160 valence electrons. The second-order valence-electron chi connectivity index (χ2n) is 6.38. The van der Waals surface area contributed by atoms with Crippen LogP contribution in [0.2, 0.25) is 5.02 Å². The maximum Gasteiger partial charge on any atom is 0.418 e. The van der Waals surface area contributed by atoms with E-state index in [4.69, 9.17) is 11.6 Å². The van der Waals surface area contributed by atoms with Gasteiger partial charge in [-0.1, -0.05) is 35.5 Å². The lowest BCUT2D eigenvalue weighted by atomic mass is 10.1. The lowest BCUT2D eigenvalue weighted by Gasteiger charge is -2.15. The average Bonchev–Trinajstić information content (AvgIpc) is 3.36. The summed E-state index contributed by atoms with van der Waals surface area (Å²) in [5.41, 5.74) is -0.458. The minimum absolute atomic E-state index is 0.131. The summed E-state index contributed by atoms with van der Waals surface area (Å²) in [5.74, 6) is -0.185. The number of hydrogen-bond acceptors (Lipinski definition) is 6. The zero-order chi connectivity index (χ0) is 22.2. The Balaban J connectivity index is 1.59. The highest BCUT2D eigenvalue weighted by Gasteiger charge is 2.34. The van der Waals surface area contributed by atoms with Gasteiger partial charge in [0.1, 0.15) is 15.7 Å². The van der Waals surface area contributed by atoms with Crippen LogP contribution in [0.25, 0.3) is 20.7 Å². The quantitative estimate of drug-likeness (QED) is 0.234. The number of benzene rings is 1. The van der Waals surface area contributed by atoms with Gasteiger partial charge in [0.25, 0.3) is 0 Å². The summed E-state index contributed by atoms with van der Waals surface area (Å²) in [4.78, 5) is 23.3. The molecule has 0 radical (unpaired) electrons. The summed E-state index contributed by atoms with van der Waals surface area (Å²) in [6.45, 7) is 1.76. The molecule has 0 saturated heterocycles. The van der Waals surface area contributed by atoms with Crippen molar-refractivity contribution >= 4 is 67.8 Å². The lowest BCUT2D eigenvalue weighted by Crippen LogP contribution is -2.18. The first-order chi connectivity index (χ1) is 14.7. The summed E-state index contributed by atoms with van der Waals surface area (Å²) < 4.78 is 39.8. The minimum Gasteiger partial charge on any atom is -0.324 e. The van der Waals surface area contributed by atoms with Gasteiger partial charge in [0, 0.05) is 15.8 Å². The van der Waals surface area contributed by atoms with Crippen LogP contribution in [0.15, 0.2) is 46.1 Å². The van der Waals surface area contributed by atoms with Gasteiger partial charge in [-0.05, 0) is 30.5 Å². The molecule has 0 fully saturated rings. The number of carbonyl (C=O) groups is 1. The molecule has 3 aromatic heterocycles. The molecule has 0 spiro atoms. The highest BCUT2D eigenvalue weighted by Crippen LogP contribution is 2.41. The van der Waals surface area contributed by atoms with Crippen LogP contribution in [-0.4, -0.2) is 21.6 Å². The van der Waals surface area contributed by atoms with Gasteiger partial charge in [-0.15, -0.1) is 22.7 Å². The summed E-state index contributed by atoms with van der Waals surface area (Å²) in [5, 5.41) is 7.54. The molecule has 4 aromatic rings. The number of amides is 1. The van der Waals surface area contributed by atoms with E-state index < -0.39 is 23.3 Å². The molecule has 3 heterocycles. The monoisotopic (exact) mass is 499 g/mol. The van der Waals surface area contributed by atoms with E-state index in [2.05, 4.69) is 15.3 Å². The van der Waals surface area contributed by atoms with Crippen molar-refractivity contribution in [3.63, 3.8) is 0 Å². The van der Waals surface area contributed by atoms with Crippen molar-refractivity contribution in [3.8, 4) is 10.4 Å². The molecule has 31 heavy (non-hydrogen) atoms. The molecule has 1 aromatic carbocycles. The first-order valence-electron chi connectivity index (χ1n) is 8.82. The van der Waals surface area contributed by atoms with Crippen LogP contribution in [-0.2, 0) is 11.0 Å². The van der Waals surface area contributed by atoms with Crippen molar-refractivity contribution in [2.45, 2.75) is 18.1 Å². The number of hydrogen-bond donors (Lipinski definition) is 1. The maximum atomic E-state index is 13.3. The van der Waals surface area contributed by atoms with Gasteiger partial charge in [0.2, 0.25) is 5.91 Å². The SMILES string of the molecule is Cc1nc(SCC(=O)Nc2c(Cl)cccc2C(F)(F)F)c2c(-c3cccs3)csc2n1. The minimum atomic E-state index is -4.64. The Morgan fingerprint density at radius 1 is 1.19 bits per heavy atom. The van der Waals surface area contributed by atoms with E-state index in [9.17, 15) is 18.0 Å². The first-order valence-corrected chi connectivity index (χ1v) is 11.9. The second-order valence-corrected chi connectivity index (χ2v) is 9.56. The Labute approximate surface area is 192 Å². The van der Waals surface area contributed by atoms with Crippen molar-refractivity contribution in [2.75, 3.05) is 11.1 Å². The van der Waals surface area contributed by atoms with Crippen LogP contribution in [0, 0.1) is 6.92 Å². The highest BCUT2D eigenvalue weighted by atomic mass is 35.5. The van der Waals surface area contributed by atoms with Crippen LogP contribution in [0.4, 0.5) is 18.9 Å². The smallest absolute Gasteiger partial charge is 0.324 e. The Kier molecular flexibility index (Phi) is 6.25. The van der Waals surface area contributed by atoms with Crippen LogP contribution < -0.4 is 5.32 Å². The van der Waals surface area contributed by atoms with E-state index in [-0.39, 0.29) is 10.8 Å². The molecule has 0 saturated carbocycles. The van der Waals surface area contributed by atoms with Crippen molar-refractivity contribution in [3.05, 3.63) is 57.5 Å². The van der Waals surface area contributed by atoms with Crippen molar-refractivity contribution < 1.29 is 18.0 Å². The number of thioether (sulfide) groups is 1. The third-order valence-corrected chi connectivity index (χ3v) is 7.29. The van der Waals surface area contributed by atoms with Gasteiger partial charge in [0.15, 0.2) is 0 Å². The number of fused-ring (bicyclic) bond motifs is 1. The number of nitrogens with one attached hydrogen (secondary N) is 1. The number of carbonyl (C=O) groups excluding carboxylic acids is 1. The van der Waals surface area contributed by atoms with E-state index >= 15 is 0 Å². The Hall–Kier alpha value is -2.14. The third kappa shape index (κ3) is 4.72. The normalized spacial score (nSPS) is 11.8. The van der Waals surface area contributed by atoms with Gasteiger partial charge in [-0.2, -0.15) is 13.2 Å². The number of alkyl halides is 3. The molecule has 1 amide bonds. The van der Waals surface area contributed by atoms with E-state index in [1.54, 1.807) is 18.3 Å². The zero-order valence-electron chi connectivity index (χ0n) is 15.8. The maximum absolute atomic E-state index is 13.3. The van der Waals surface area contributed by atoms with Gasteiger partial charge in [0.05, 0.1) is 27.4 Å². The molecule has 11 heteroatoms. The molecular weight excluding hydrogens is 487 g/mol. The fraction of sp³-hybridized carbons (Fsp3) is 0.150. The molecule has 0 bridgehead atoms. The van der Waals surface area contributed by atoms with Gasteiger partial charge in [-0.25, -0.2) is 9.97 Å². The summed E-state index contributed by atoms with van der Waals surface area (Å²) in [6.07, 6.45) is -4.64. The standard InChI is InChI=1S/C20H13ClF3N3OS3/c1-10-25-18-16(11(8-30-18)14-6-3-7-29-14)19(26-10)31-9-15(28)27-17-12(20(22,23)24)4-2-5-13(17)21/h2-8H,9H2,1H3,(H,27,28). The third-order valence-electron chi connectivity index (χ3n) is 4.22. The number of anilines is 1. The molecule has 0 aliphatic carbocycles. The van der Waals surface area contributed by atoms with E-state index in [1.165, 1.54) is 23.5 Å². The summed E-state index contributed by atoms with van der Waals surface area (Å²) in [6, 6.07) is 7.31. The van der Waals surface area contributed by atoms with E-state index in [0.717, 1.165) is 38.5 Å². The summed E-state index contributed by atoms with van der Waals surface area (Å²) in [7, 11) is 0. The molecule has 0 unspecified atom stereocenters. The fourth-order valence-electron chi connectivity index (χ4n) is 2.93. The molecule has 4 rings (SSSR count). The van der Waals surface area contributed by atoms with E-state index in [1.807, 2.05) is 22.9 Å². The Morgan fingerprint density at radius 3 is 2.71 bits per heavy atom. The van der Waals surface area contributed by atoms with Crippen LogP contribution >= 0.6 is 46.0 Å². The number of aryl methyl sites for hydroxylation is 1. The van der Waals surface area contributed by atoms with Crippen LogP contribution in [0.3, 0.4) is 0 Å². The molecule has 0 atom stereocenters. The number of nitrogens with zero attached hydrogens (tertiary/aromatic N) is 2. The topological polar surface area (TPSA) is 54.9 Å². The predicted molar refractivity (Wildman–Crippen MR) is 121 cm³/mol. The highest BCUT2D eigenvalue weighted by molar-refractivity contribution is 8.00. The Bertz CT molecular complexity index is 1260. The van der Waals surface area contributed by atoms with Crippen molar-refractivity contribution in [1.29, 1.82) is 0 Å². The summed E-state index contributed by atoms with van der Waals surface area (Å²) >= 11 is 10.1. The molecule has 1 N–H and O–H groups in total. The molecular formula is C20H13ClF3N3OS3. The number of para-hydroxylation sites is 1. The Morgan fingerprint density at radius 2 is 2.00 bits per heavy atom. The number of rotatable bonds is 5. The van der Waals surface area contributed by atoms with Crippen molar-refractivity contribution in [1.82, 2.24) is 9.97 Å². The number of halogens is 4. The predicted octanol–water partition coefficient (Wildman–Crippen LogP) is 7.13. The zero-order valence-corrected chi connectivity index (χ0v) is 19.0. The largest absolute Gasteiger partial charge is 0.418 e. The van der Waals surface area contributed by atoms with Gasteiger partial charge in [-0.3, -0.25) is 4.79 Å². The van der Waals surface area contributed by atoms with Gasteiger partial charge >= 0.3 is 6.18 Å². The first kappa shape index (κ1) is 22.1. The van der Waals surface area contributed by atoms with Crippen molar-refractivity contribution in [2.24, 2.45) is 0 Å².